The van der Waals surface area contributed by atoms with E-state index in [0.29, 0.717) is 30.6 Å². The lowest BCUT2D eigenvalue weighted by Crippen LogP contribution is -2.56. The lowest BCUT2D eigenvalue weighted by Gasteiger charge is -2.42. The number of rotatable bonds is 3. The Morgan fingerprint density at radius 2 is 1.78 bits per heavy atom. The second-order valence-electron chi connectivity index (χ2n) is 8.81. The summed E-state index contributed by atoms with van der Waals surface area (Å²) in [6.07, 6.45) is 2.02. The first kappa shape index (κ1) is 19.6. The number of piperazine rings is 1. The Labute approximate surface area is 180 Å². The number of hydrogen-bond donors (Lipinski definition) is 0. The van der Waals surface area contributed by atoms with Gasteiger partial charge in [-0.05, 0) is 31.4 Å². The van der Waals surface area contributed by atoms with Gasteiger partial charge in [0, 0.05) is 54.9 Å². The predicted molar refractivity (Wildman–Crippen MR) is 107 cm³/mol. The smallest absolute Gasteiger partial charge is 0.366 e. The zero-order valence-electron chi connectivity index (χ0n) is 16.9. The number of carbonyl (C=O) groups excluding carboxylic acids is 1. The first-order valence-electron chi connectivity index (χ1n) is 10.6. The van der Waals surface area contributed by atoms with Crippen LogP contribution in [0.2, 0.25) is 0 Å². The molecule has 32 heavy (non-hydrogen) atoms. The molecule has 3 aromatic heterocycles. The van der Waals surface area contributed by atoms with Crippen molar-refractivity contribution in [3.8, 4) is 11.1 Å². The minimum atomic E-state index is -4.57. The van der Waals surface area contributed by atoms with Gasteiger partial charge in [0.25, 0.3) is 0 Å². The molecule has 3 aromatic rings. The average Bonchev–Trinajstić information content (AvgIpc) is 3.13. The standard InChI is InChI=1S/C21H20F4N6O/c22-17-6-16(17)20(32)31-14-1-2-15(31)11-28(10-14)18-3-4-26-29-8-12(5-19(18)29)13-7-27-30(9-13)21(23,24)25/h3-5,7-9,14-17H,1-2,6,10-11H2/t14?,15?,16-,17-/m1/s1. The second-order valence-corrected chi connectivity index (χ2v) is 8.81. The molecule has 0 spiro atoms. The van der Waals surface area contributed by atoms with E-state index < -0.39 is 18.4 Å². The van der Waals surface area contributed by atoms with Crippen LogP contribution in [0.1, 0.15) is 19.3 Å². The quantitative estimate of drug-likeness (QED) is 0.578. The summed E-state index contributed by atoms with van der Waals surface area (Å²) in [5, 5.41) is 7.72. The van der Waals surface area contributed by atoms with Crippen molar-refractivity contribution in [2.45, 2.75) is 43.8 Å². The molecule has 168 valence electrons. The molecule has 0 aromatic carbocycles. The number of alkyl halides is 4. The first-order valence-corrected chi connectivity index (χ1v) is 10.6. The zero-order chi connectivity index (χ0) is 22.2. The fourth-order valence-corrected chi connectivity index (χ4v) is 5.11. The van der Waals surface area contributed by atoms with Crippen LogP contribution in [0.15, 0.2) is 36.9 Å². The summed E-state index contributed by atoms with van der Waals surface area (Å²) in [7, 11) is 0. The van der Waals surface area contributed by atoms with Crippen LogP contribution in [0, 0.1) is 5.92 Å². The summed E-state index contributed by atoms with van der Waals surface area (Å²) < 4.78 is 53.8. The number of amides is 1. The summed E-state index contributed by atoms with van der Waals surface area (Å²) in [6.45, 7) is 1.27. The van der Waals surface area contributed by atoms with Crippen LogP contribution < -0.4 is 4.90 Å². The molecule has 1 aliphatic carbocycles. The normalized spacial score (nSPS) is 27.4. The van der Waals surface area contributed by atoms with E-state index in [1.807, 2.05) is 11.0 Å². The summed E-state index contributed by atoms with van der Waals surface area (Å²) in [6, 6.07) is 3.77. The molecule has 11 heteroatoms. The fraction of sp³-hybridized carbons (Fsp3) is 0.476. The van der Waals surface area contributed by atoms with Gasteiger partial charge in [-0.25, -0.2) is 8.91 Å². The number of halogens is 4. The Kier molecular flexibility index (Phi) is 4.09. The van der Waals surface area contributed by atoms with Crippen LogP contribution in [0.25, 0.3) is 16.6 Å². The third-order valence-electron chi connectivity index (χ3n) is 6.77. The van der Waals surface area contributed by atoms with Crippen molar-refractivity contribution in [1.82, 2.24) is 24.3 Å². The number of fused-ring (bicyclic) bond motifs is 3. The van der Waals surface area contributed by atoms with Crippen LogP contribution in [-0.2, 0) is 11.1 Å². The minimum absolute atomic E-state index is 0.0191. The fourth-order valence-electron chi connectivity index (χ4n) is 5.11. The highest BCUT2D eigenvalue weighted by Gasteiger charge is 2.51. The Hall–Kier alpha value is -3.11. The van der Waals surface area contributed by atoms with Crippen LogP contribution in [0.3, 0.4) is 0 Å². The Morgan fingerprint density at radius 3 is 2.41 bits per heavy atom. The van der Waals surface area contributed by atoms with Crippen molar-refractivity contribution in [3.05, 3.63) is 36.9 Å². The van der Waals surface area contributed by atoms with E-state index in [4.69, 9.17) is 0 Å². The molecule has 2 saturated heterocycles. The van der Waals surface area contributed by atoms with Gasteiger partial charge in [0.1, 0.15) is 6.17 Å². The van der Waals surface area contributed by atoms with Crippen molar-refractivity contribution in [1.29, 1.82) is 0 Å². The lowest BCUT2D eigenvalue weighted by molar-refractivity contribution is -0.212. The molecule has 0 N–H and O–H groups in total. The highest BCUT2D eigenvalue weighted by Crippen LogP contribution is 2.41. The van der Waals surface area contributed by atoms with Crippen molar-refractivity contribution >= 4 is 17.1 Å². The average molecular weight is 448 g/mol. The Balaban J connectivity index is 1.29. The van der Waals surface area contributed by atoms with E-state index in [9.17, 15) is 22.4 Å². The van der Waals surface area contributed by atoms with Crippen LogP contribution in [-0.4, -0.2) is 61.5 Å². The Morgan fingerprint density at radius 1 is 1.06 bits per heavy atom. The van der Waals surface area contributed by atoms with Gasteiger partial charge in [0.2, 0.25) is 5.91 Å². The minimum Gasteiger partial charge on any atom is -0.366 e. The topological polar surface area (TPSA) is 58.7 Å². The van der Waals surface area contributed by atoms with Gasteiger partial charge >= 0.3 is 6.30 Å². The molecular weight excluding hydrogens is 428 g/mol. The predicted octanol–water partition coefficient (Wildman–Crippen LogP) is 3.21. The largest absolute Gasteiger partial charge is 0.504 e. The number of aromatic nitrogens is 4. The van der Waals surface area contributed by atoms with Crippen molar-refractivity contribution in [2.75, 3.05) is 18.0 Å². The molecule has 1 saturated carbocycles. The molecule has 6 rings (SSSR count). The molecule has 7 nitrogen and oxygen atoms in total. The molecule has 2 unspecified atom stereocenters. The molecular formula is C21H20F4N6O. The maximum absolute atomic E-state index is 13.4. The number of nitrogens with zero attached hydrogens (tertiary/aromatic N) is 6. The van der Waals surface area contributed by atoms with Crippen LogP contribution in [0.5, 0.6) is 0 Å². The molecule has 1 amide bonds. The number of hydrogen-bond acceptors (Lipinski definition) is 4. The zero-order valence-corrected chi connectivity index (χ0v) is 16.9. The monoisotopic (exact) mass is 448 g/mol. The maximum atomic E-state index is 13.4. The van der Waals surface area contributed by atoms with Gasteiger partial charge in [-0.15, -0.1) is 13.2 Å². The summed E-state index contributed by atoms with van der Waals surface area (Å²) in [4.78, 5) is 16.8. The van der Waals surface area contributed by atoms with E-state index in [1.165, 1.54) is 6.20 Å². The Bertz CT molecular complexity index is 1190. The van der Waals surface area contributed by atoms with E-state index >= 15 is 0 Å². The maximum Gasteiger partial charge on any atom is 0.504 e. The highest BCUT2D eigenvalue weighted by atomic mass is 19.4. The van der Waals surface area contributed by atoms with Gasteiger partial charge < -0.3 is 9.80 Å². The van der Waals surface area contributed by atoms with E-state index in [-0.39, 0.29) is 22.7 Å². The molecule has 5 heterocycles. The molecule has 3 aliphatic rings. The van der Waals surface area contributed by atoms with Crippen molar-refractivity contribution in [3.63, 3.8) is 0 Å². The van der Waals surface area contributed by atoms with Gasteiger partial charge in [-0.3, -0.25) is 4.79 Å². The van der Waals surface area contributed by atoms with Crippen molar-refractivity contribution < 1.29 is 22.4 Å². The van der Waals surface area contributed by atoms with Gasteiger partial charge in [-0.1, -0.05) is 0 Å². The third kappa shape index (κ3) is 3.05. The first-order chi connectivity index (χ1) is 15.3. The third-order valence-corrected chi connectivity index (χ3v) is 6.77. The molecule has 4 atom stereocenters. The summed E-state index contributed by atoms with van der Waals surface area (Å²) in [5.41, 5.74) is 2.61. The van der Waals surface area contributed by atoms with E-state index in [0.717, 1.165) is 30.2 Å². The van der Waals surface area contributed by atoms with Crippen LogP contribution >= 0.6 is 0 Å². The molecule has 3 fully saturated rings. The molecule has 0 radical (unpaired) electrons. The van der Waals surface area contributed by atoms with Crippen molar-refractivity contribution in [2.24, 2.45) is 5.92 Å². The number of anilines is 1. The second kappa shape index (κ2) is 6.69. The van der Waals surface area contributed by atoms with Gasteiger partial charge in [0.05, 0.1) is 23.3 Å². The lowest BCUT2D eigenvalue weighted by atomic mass is 10.1. The SMILES string of the molecule is O=C([C@@H]1C[C@H]1F)N1C2CCC1CN(c1ccnn3cc(-c4cnn(C(F)(F)F)c4)cc13)C2. The molecule has 2 aliphatic heterocycles. The molecule has 2 bridgehead atoms. The van der Waals surface area contributed by atoms with E-state index in [2.05, 4.69) is 15.1 Å². The summed E-state index contributed by atoms with van der Waals surface area (Å²) in [5.74, 6) is -0.528. The van der Waals surface area contributed by atoms with E-state index in [1.54, 1.807) is 23.0 Å². The van der Waals surface area contributed by atoms with Gasteiger partial charge in [0.15, 0.2) is 0 Å². The summed E-state index contributed by atoms with van der Waals surface area (Å²) >= 11 is 0. The van der Waals surface area contributed by atoms with Crippen LogP contribution in [0.4, 0.5) is 23.2 Å². The van der Waals surface area contributed by atoms with Gasteiger partial charge in [-0.2, -0.15) is 14.9 Å². The highest BCUT2D eigenvalue weighted by molar-refractivity contribution is 5.84. The number of carbonyl (C=O) groups is 1.